The van der Waals surface area contributed by atoms with Gasteiger partial charge in [0.15, 0.2) is 0 Å². The van der Waals surface area contributed by atoms with Crippen LogP contribution in [-0.4, -0.2) is 104 Å². The Morgan fingerprint density at radius 2 is 1.27 bits per heavy atom. The average Bonchev–Trinajstić information content (AvgIpc) is 2.92. The quantitative estimate of drug-likeness (QED) is 0.0556. The number of ether oxygens (including phenoxy) is 3. The summed E-state index contributed by atoms with van der Waals surface area (Å²) in [5.41, 5.74) is 10.1. The number of halogens is 1. The van der Waals surface area contributed by atoms with Crippen molar-refractivity contribution in [3.8, 4) is 0 Å². The second-order valence-electron chi connectivity index (χ2n) is 13.5. The van der Waals surface area contributed by atoms with Crippen molar-refractivity contribution in [2.45, 2.75) is 118 Å². The summed E-state index contributed by atoms with van der Waals surface area (Å²) in [6, 6.07) is -2.53. The summed E-state index contributed by atoms with van der Waals surface area (Å²) < 4.78 is 15.7. The summed E-state index contributed by atoms with van der Waals surface area (Å²) in [6.07, 6.45) is 3.28. The molecule has 0 bridgehead atoms. The molecular formula is C31H56BrCuN5O9S. The molecule has 2 aliphatic rings. The van der Waals surface area contributed by atoms with Crippen molar-refractivity contribution in [1.29, 1.82) is 0 Å². The van der Waals surface area contributed by atoms with Crippen LogP contribution in [0.1, 0.15) is 82.6 Å². The van der Waals surface area contributed by atoms with Gasteiger partial charge in [0, 0.05) is 6.54 Å². The maximum absolute atomic E-state index is 12.5. The Morgan fingerprint density at radius 1 is 0.854 bits per heavy atom. The van der Waals surface area contributed by atoms with E-state index in [0.29, 0.717) is 23.6 Å². The molecule has 5 N–H and O–H groups in total. The Labute approximate surface area is 307 Å². The minimum absolute atomic E-state index is 0. The van der Waals surface area contributed by atoms with Gasteiger partial charge in [-0.3, -0.25) is 24.6 Å². The van der Waals surface area contributed by atoms with Crippen molar-refractivity contribution in [2.24, 2.45) is 11.5 Å². The molecular weight excluding hydrogens is 762 g/mol. The fraction of sp³-hybridized carbons (Fsp3) is 0.677. The molecule has 0 aliphatic carbocycles. The van der Waals surface area contributed by atoms with E-state index in [2.05, 4.69) is 40.9 Å². The van der Waals surface area contributed by atoms with Crippen molar-refractivity contribution in [3.05, 3.63) is 30.7 Å². The van der Waals surface area contributed by atoms with E-state index in [1.165, 1.54) is 11.0 Å². The first-order chi connectivity index (χ1) is 21.3. The fourth-order valence-electron chi connectivity index (χ4n) is 4.00. The zero-order chi connectivity index (χ0) is 37.7. The Balaban J connectivity index is -0.000000798. The molecule has 0 unspecified atom stereocenters. The molecule has 17 heteroatoms. The van der Waals surface area contributed by atoms with Crippen molar-refractivity contribution in [2.75, 3.05) is 19.3 Å². The third kappa shape index (κ3) is 18.3. The third-order valence-corrected chi connectivity index (χ3v) is 5.93. The van der Waals surface area contributed by atoms with Crippen molar-refractivity contribution >= 4 is 56.8 Å². The van der Waals surface area contributed by atoms with Gasteiger partial charge in [0.2, 0.25) is 11.8 Å². The predicted molar refractivity (Wildman–Crippen MR) is 188 cm³/mol. The molecule has 2 heterocycles. The van der Waals surface area contributed by atoms with Crippen molar-refractivity contribution in [1.82, 2.24) is 14.9 Å². The van der Waals surface area contributed by atoms with E-state index in [9.17, 15) is 29.2 Å². The molecule has 283 valence electrons. The van der Waals surface area contributed by atoms with Crippen LogP contribution in [0, 0.1) is 7.43 Å². The van der Waals surface area contributed by atoms with Crippen LogP contribution < -0.4 is 11.5 Å². The average molecular weight is 818 g/mol. The Hall–Kier alpha value is -2.46. The molecule has 0 saturated heterocycles. The second kappa shape index (κ2) is 21.6. The molecule has 2 rings (SSSR count). The Morgan fingerprint density at radius 3 is 1.65 bits per heavy atom. The van der Waals surface area contributed by atoms with E-state index >= 15 is 0 Å². The number of thiol groups is 1. The zero-order valence-electron chi connectivity index (χ0n) is 30.3. The number of carbonyl (C=O) groups is 5. The van der Waals surface area contributed by atoms with Gasteiger partial charge in [0.25, 0.3) is 0 Å². The van der Waals surface area contributed by atoms with Crippen molar-refractivity contribution < 1.29 is 57.6 Å². The third-order valence-electron chi connectivity index (χ3n) is 5.93. The van der Waals surface area contributed by atoms with Crippen molar-refractivity contribution in [3.63, 3.8) is 0 Å². The van der Waals surface area contributed by atoms with Gasteiger partial charge in [-0.05, 0) is 94.4 Å². The van der Waals surface area contributed by atoms with E-state index in [0.717, 1.165) is 10.5 Å². The number of amides is 5. The molecule has 14 nitrogen and oxygen atoms in total. The normalized spacial score (nSPS) is 19.0. The summed E-state index contributed by atoms with van der Waals surface area (Å²) in [4.78, 5) is 62.0. The number of primary amides is 2. The van der Waals surface area contributed by atoms with Gasteiger partial charge in [-0.25, -0.2) is 14.4 Å². The topological polar surface area (TPSA) is 195 Å². The fourth-order valence-corrected chi connectivity index (χ4v) is 4.00. The molecule has 3 atom stereocenters. The van der Waals surface area contributed by atoms with E-state index in [1.54, 1.807) is 75.5 Å². The van der Waals surface area contributed by atoms with Gasteiger partial charge in [-0.1, -0.05) is 17.7 Å². The number of hydrogen-bond donors (Lipinski definition) is 4. The second-order valence-corrected chi connectivity index (χ2v) is 13.5. The Bertz CT molecular complexity index is 1150. The van der Waals surface area contributed by atoms with Crippen LogP contribution in [0.25, 0.3) is 0 Å². The molecule has 0 aromatic rings. The number of hydroxylamine groups is 2. The van der Waals surface area contributed by atoms with E-state index in [4.69, 9.17) is 25.7 Å². The molecule has 0 radical (unpaired) electrons. The minimum atomic E-state index is -1.03. The van der Waals surface area contributed by atoms with Gasteiger partial charge < -0.3 is 33.1 Å². The molecule has 5 amide bonds. The van der Waals surface area contributed by atoms with Crippen LogP contribution in [0.5, 0.6) is 0 Å². The zero-order valence-corrected chi connectivity index (χ0v) is 33.8. The van der Waals surface area contributed by atoms with E-state index < -0.39 is 65.0 Å². The molecule has 2 aliphatic heterocycles. The van der Waals surface area contributed by atoms with Crippen LogP contribution in [0.3, 0.4) is 0 Å². The number of carbonyl (C=O) groups excluding carboxylic acids is 5. The summed E-state index contributed by atoms with van der Waals surface area (Å²) in [6.45, 7) is 19.2. The van der Waals surface area contributed by atoms with Gasteiger partial charge in [-0.2, -0.15) is 17.7 Å². The van der Waals surface area contributed by atoms with Gasteiger partial charge in [0.05, 0.1) is 6.54 Å². The monoisotopic (exact) mass is 816 g/mol. The van der Waals surface area contributed by atoms with Crippen LogP contribution >= 0.6 is 26.7 Å². The summed E-state index contributed by atoms with van der Waals surface area (Å²) in [5, 5.41) is 10.7. The summed E-state index contributed by atoms with van der Waals surface area (Å²) in [5.74, 6) is -1.24. The number of nitrogens with two attached hydrogens (primary N) is 2. The van der Waals surface area contributed by atoms with Crippen LogP contribution in [-0.2, 0) is 38.0 Å². The van der Waals surface area contributed by atoms with Gasteiger partial charge in [0.1, 0.15) is 34.9 Å². The summed E-state index contributed by atoms with van der Waals surface area (Å²) in [7, 11) is 0. The van der Waals surface area contributed by atoms with Gasteiger partial charge >= 0.3 is 46.6 Å². The van der Waals surface area contributed by atoms with E-state index in [1.807, 2.05) is 13.0 Å². The van der Waals surface area contributed by atoms with Crippen LogP contribution in [0.2, 0.25) is 0 Å². The number of hydrogen-bond acceptors (Lipinski definition) is 10. The summed E-state index contributed by atoms with van der Waals surface area (Å²) >= 11 is 10.0. The molecule has 0 aromatic heterocycles. The maximum atomic E-state index is 12.5. The number of rotatable bonds is 3. The molecule has 0 saturated carbocycles. The molecule has 48 heavy (non-hydrogen) atoms. The van der Waals surface area contributed by atoms with Gasteiger partial charge in [-0.15, -0.1) is 0 Å². The molecule has 0 fully saturated rings. The Kier molecular flexibility index (Phi) is 22.5. The first-order valence-corrected chi connectivity index (χ1v) is 17.7. The van der Waals surface area contributed by atoms with Crippen LogP contribution in [0.4, 0.5) is 14.4 Å². The first-order valence-electron chi connectivity index (χ1n) is 14.5. The standard InChI is InChI=1S/C17H29N3O6.C12H20N2O3.CH4S.CH3.BrH.Cu/c1-10-8-11(13(18)21)19(14(22)25-16(2,3)4)9-12(10)20(24)15(23)26-17(5,6)7;1-8-5-6-14(9(7-8)10(13)15)11(16)17-12(2,3)4;1-2;;;/h8,11-12,24H,9H2,1-7H3,(H2,18,21);5,9H,6-7H2,1-4H3,(H2,13,15);2H,1H3;1H3;1H;/q;;;-1;;+2/p-1/t11-,12-;9-;;;;/m00..../s1. The van der Waals surface area contributed by atoms with E-state index in [-0.39, 0.29) is 14.0 Å². The first kappa shape index (κ1) is 49.9. The number of nitrogens with zero attached hydrogens (tertiary/aromatic N) is 3. The molecule has 0 spiro atoms. The van der Waals surface area contributed by atoms with Crippen LogP contribution in [0.15, 0.2) is 23.3 Å². The predicted octanol–water partition coefficient (Wildman–Crippen LogP) is 5.30. The SMILES string of the molecule is CC1=CCN(C(=O)OC(C)(C)C)[C@H](C(N)=O)C1.CC1=C[C@@H](C(N)=O)N(C(=O)OC(C)(C)C)C[C@@H]1N(O)C(=O)OC(C)(C)C.CS.[CH3-].[Cu+][Br]. The molecule has 0 aromatic carbocycles.